The largest absolute Gasteiger partial charge is 0.330 e. The molecule has 0 radical (unpaired) electrons. The molecule has 0 aromatic rings. The summed E-state index contributed by atoms with van der Waals surface area (Å²) in [7, 11) is 0.302. The first-order valence-corrected chi connectivity index (χ1v) is 7.94. The molecule has 0 aliphatic carbocycles. The Morgan fingerprint density at radius 2 is 2.17 bits per heavy atom. The quantitative estimate of drug-likeness (QED) is 0.692. The van der Waals surface area contributed by atoms with Gasteiger partial charge in [-0.2, -0.15) is 17.4 Å². The second kappa shape index (κ2) is 6.81. The van der Waals surface area contributed by atoms with Crippen LogP contribution in [0, 0.1) is 0 Å². The summed E-state index contributed by atoms with van der Waals surface area (Å²) in [5, 5.41) is 0. The molecule has 1 fully saturated rings. The lowest BCUT2D eigenvalue weighted by Gasteiger charge is -2.35. The molecule has 18 heavy (non-hydrogen) atoms. The molecule has 0 saturated carbocycles. The number of nitrogens with two attached hydrogens (primary N) is 1. The lowest BCUT2D eigenvalue weighted by molar-refractivity contribution is 0.177. The average Bonchev–Trinajstić information content (AvgIpc) is 2.30. The highest BCUT2D eigenvalue weighted by Crippen LogP contribution is 2.16. The topological polar surface area (TPSA) is 78.7 Å². The summed E-state index contributed by atoms with van der Waals surface area (Å²) in [5.41, 5.74) is 5.39. The number of rotatable bonds is 6. The third-order valence-electron chi connectivity index (χ3n) is 3.61. The Morgan fingerprint density at radius 3 is 2.72 bits per heavy atom. The van der Waals surface area contributed by atoms with Crippen molar-refractivity contribution in [3.8, 4) is 0 Å². The summed E-state index contributed by atoms with van der Waals surface area (Å²) in [4.78, 5) is 2.25. The zero-order chi connectivity index (χ0) is 13.8. The van der Waals surface area contributed by atoms with E-state index in [0.29, 0.717) is 25.6 Å². The molecule has 1 heterocycles. The Labute approximate surface area is 111 Å². The zero-order valence-electron chi connectivity index (χ0n) is 11.6. The summed E-state index contributed by atoms with van der Waals surface area (Å²) in [6.45, 7) is 4.03. The molecular formula is C11H26N4O2S. The molecule has 0 spiro atoms. The van der Waals surface area contributed by atoms with Crippen molar-refractivity contribution in [2.24, 2.45) is 5.73 Å². The third kappa shape index (κ3) is 4.47. The fraction of sp³-hybridized carbons (Fsp3) is 1.00. The monoisotopic (exact) mass is 278 g/mol. The number of hydrogen-bond acceptors (Lipinski definition) is 4. The molecular weight excluding hydrogens is 252 g/mol. The minimum absolute atomic E-state index is 0.0431. The van der Waals surface area contributed by atoms with Gasteiger partial charge in [0.25, 0.3) is 10.2 Å². The van der Waals surface area contributed by atoms with Crippen LogP contribution >= 0.6 is 0 Å². The molecule has 6 nitrogen and oxygen atoms in total. The summed E-state index contributed by atoms with van der Waals surface area (Å²) in [6, 6.07) is 0.460. The molecule has 2 atom stereocenters. The summed E-state index contributed by atoms with van der Waals surface area (Å²) in [5.74, 6) is 0. The Balaban J connectivity index is 2.50. The van der Waals surface area contributed by atoms with Crippen molar-refractivity contribution in [1.29, 1.82) is 0 Å². The van der Waals surface area contributed by atoms with E-state index in [1.165, 1.54) is 4.31 Å². The SMILES string of the molecule is CC1CC(NS(=O)(=O)N(C)CCCN)CCN1C. The van der Waals surface area contributed by atoms with Crippen LogP contribution in [0.4, 0.5) is 0 Å². The van der Waals surface area contributed by atoms with E-state index >= 15 is 0 Å². The van der Waals surface area contributed by atoms with Crippen molar-refractivity contribution in [2.75, 3.05) is 33.7 Å². The average molecular weight is 278 g/mol. The van der Waals surface area contributed by atoms with Crippen LogP contribution < -0.4 is 10.5 Å². The van der Waals surface area contributed by atoms with Gasteiger partial charge in [0.1, 0.15) is 0 Å². The molecule has 1 saturated heterocycles. The van der Waals surface area contributed by atoms with Gasteiger partial charge in [-0.05, 0) is 46.3 Å². The summed E-state index contributed by atoms with van der Waals surface area (Å²) >= 11 is 0. The molecule has 1 rings (SSSR count). The molecule has 0 aromatic heterocycles. The predicted molar refractivity (Wildman–Crippen MR) is 73.5 cm³/mol. The first-order chi connectivity index (χ1) is 8.36. The van der Waals surface area contributed by atoms with Gasteiger partial charge >= 0.3 is 0 Å². The Hall–Kier alpha value is -0.210. The smallest absolute Gasteiger partial charge is 0.279 e. The lowest BCUT2D eigenvalue weighted by Crippen LogP contribution is -2.50. The number of nitrogens with zero attached hydrogens (tertiary/aromatic N) is 2. The van der Waals surface area contributed by atoms with E-state index in [-0.39, 0.29) is 6.04 Å². The minimum atomic E-state index is -3.36. The van der Waals surface area contributed by atoms with Crippen LogP contribution in [0.1, 0.15) is 26.2 Å². The van der Waals surface area contributed by atoms with Crippen molar-refractivity contribution in [2.45, 2.75) is 38.3 Å². The maximum Gasteiger partial charge on any atom is 0.279 e. The van der Waals surface area contributed by atoms with Crippen LogP contribution in [0.3, 0.4) is 0 Å². The first-order valence-electron chi connectivity index (χ1n) is 6.50. The fourth-order valence-corrected chi connectivity index (χ4v) is 3.32. The van der Waals surface area contributed by atoms with Crippen molar-refractivity contribution in [1.82, 2.24) is 13.9 Å². The van der Waals surface area contributed by atoms with Crippen LogP contribution in [0.25, 0.3) is 0 Å². The summed E-state index contributed by atoms with van der Waals surface area (Å²) in [6.07, 6.45) is 2.41. The molecule has 0 amide bonds. The zero-order valence-corrected chi connectivity index (χ0v) is 12.4. The van der Waals surface area contributed by atoms with E-state index < -0.39 is 10.2 Å². The van der Waals surface area contributed by atoms with Crippen LogP contribution in [0.2, 0.25) is 0 Å². The molecule has 0 aromatic carbocycles. The van der Waals surface area contributed by atoms with Crippen LogP contribution in [-0.2, 0) is 10.2 Å². The summed E-state index contributed by atoms with van der Waals surface area (Å²) < 4.78 is 28.2. The number of likely N-dealkylation sites (tertiary alicyclic amines) is 1. The predicted octanol–water partition coefficient (Wildman–Crippen LogP) is -0.416. The molecule has 1 aliphatic rings. The van der Waals surface area contributed by atoms with Crippen LogP contribution in [0.5, 0.6) is 0 Å². The van der Waals surface area contributed by atoms with Gasteiger partial charge in [-0.25, -0.2) is 0 Å². The van der Waals surface area contributed by atoms with Gasteiger partial charge in [-0.15, -0.1) is 0 Å². The van der Waals surface area contributed by atoms with Gasteiger partial charge in [0.15, 0.2) is 0 Å². The van der Waals surface area contributed by atoms with Crippen molar-refractivity contribution in [3.63, 3.8) is 0 Å². The lowest BCUT2D eigenvalue weighted by atomic mass is 10.0. The van der Waals surface area contributed by atoms with Gasteiger partial charge in [0, 0.05) is 25.7 Å². The molecule has 2 unspecified atom stereocenters. The van der Waals surface area contributed by atoms with E-state index in [4.69, 9.17) is 5.73 Å². The highest BCUT2D eigenvalue weighted by atomic mass is 32.2. The Bertz CT molecular complexity index is 347. The maximum absolute atomic E-state index is 12.1. The minimum Gasteiger partial charge on any atom is -0.330 e. The molecule has 1 aliphatic heterocycles. The maximum atomic E-state index is 12.1. The van der Waals surface area contributed by atoms with Crippen molar-refractivity contribution in [3.05, 3.63) is 0 Å². The molecule has 7 heteroatoms. The van der Waals surface area contributed by atoms with Crippen LogP contribution in [-0.4, -0.2) is 63.4 Å². The highest BCUT2D eigenvalue weighted by Gasteiger charge is 2.27. The van der Waals surface area contributed by atoms with Gasteiger partial charge < -0.3 is 10.6 Å². The van der Waals surface area contributed by atoms with Gasteiger partial charge in [-0.3, -0.25) is 0 Å². The number of nitrogens with one attached hydrogen (secondary N) is 1. The fourth-order valence-electron chi connectivity index (χ4n) is 2.13. The van der Waals surface area contributed by atoms with E-state index in [0.717, 1.165) is 19.4 Å². The number of piperidine rings is 1. The highest BCUT2D eigenvalue weighted by molar-refractivity contribution is 7.87. The van der Waals surface area contributed by atoms with Gasteiger partial charge in [0.2, 0.25) is 0 Å². The van der Waals surface area contributed by atoms with Crippen molar-refractivity contribution < 1.29 is 8.42 Å². The van der Waals surface area contributed by atoms with E-state index in [2.05, 4.69) is 23.6 Å². The van der Waals surface area contributed by atoms with Gasteiger partial charge in [0.05, 0.1) is 0 Å². The van der Waals surface area contributed by atoms with E-state index in [1.54, 1.807) is 7.05 Å². The van der Waals surface area contributed by atoms with Gasteiger partial charge in [-0.1, -0.05) is 0 Å². The second-order valence-corrected chi connectivity index (χ2v) is 6.95. The molecule has 108 valence electrons. The third-order valence-corrected chi connectivity index (χ3v) is 5.25. The second-order valence-electron chi connectivity index (χ2n) is 5.14. The molecule has 3 N–H and O–H groups in total. The standard InChI is InChI=1S/C11H26N4O2S/c1-10-9-11(5-8-14(10)2)13-18(16,17)15(3)7-4-6-12/h10-11,13H,4-9,12H2,1-3H3. The molecule has 0 bridgehead atoms. The van der Waals surface area contributed by atoms with E-state index in [9.17, 15) is 8.42 Å². The first kappa shape index (κ1) is 15.8. The Morgan fingerprint density at radius 1 is 1.50 bits per heavy atom. The van der Waals surface area contributed by atoms with Crippen molar-refractivity contribution >= 4 is 10.2 Å². The number of hydrogen-bond donors (Lipinski definition) is 2. The van der Waals surface area contributed by atoms with Crippen LogP contribution in [0.15, 0.2) is 0 Å². The normalized spacial score (nSPS) is 26.7. The Kier molecular flexibility index (Phi) is 6.00. The van der Waals surface area contributed by atoms with E-state index in [1.807, 2.05) is 0 Å².